The lowest BCUT2D eigenvalue weighted by Crippen LogP contribution is -2.49. The number of aromatic nitrogens is 2. The number of hydrogen-bond acceptors (Lipinski definition) is 5. The van der Waals surface area contributed by atoms with Crippen molar-refractivity contribution in [1.29, 1.82) is 0 Å². The molecule has 1 saturated heterocycles. The van der Waals surface area contributed by atoms with E-state index in [0.29, 0.717) is 24.5 Å². The molecule has 1 unspecified atom stereocenters. The highest BCUT2D eigenvalue weighted by atomic mass is 32.1. The van der Waals surface area contributed by atoms with Crippen molar-refractivity contribution in [3.63, 3.8) is 0 Å². The molecule has 1 fully saturated rings. The Bertz CT molecular complexity index is 732. The number of carbonyl (C=O) groups is 2. The average molecular weight is 358 g/mol. The van der Waals surface area contributed by atoms with Crippen molar-refractivity contribution < 1.29 is 9.59 Å². The quantitative estimate of drug-likeness (QED) is 0.889. The van der Waals surface area contributed by atoms with Crippen molar-refractivity contribution in [2.75, 3.05) is 11.9 Å². The van der Waals surface area contributed by atoms with E-state index in [2.05, 4.69) is 15.3 Å². The molecule has 0 aromatic carbocycles. The summed E-state index contributed by atoms with van der Waals surface area (Å²) in [5.41, 5.74) is 1.70. The van der Waals surface area contributed by atoms with Crippen molar-refractivity contribution in [3.05, 3.63) is 29.9 Å². The van der Waals surface area contributed by atoms with Gasteiger partial charge in [0.1, 0.15) is 6.04 Å². The van der Waals surface area contributed by atoms with Gasteiger partial charge in [0.2, 0.25) is 11.8 Å². The Kier molecular flexibility index (Phi) is 5.75. The predicted molar refractivity (Wildman–Crippen MR) is 98.2 cm³/mol. The fraction of sp³-hybridized carbons (Fsp3) is 0.444. The zero-order chi connectivity index (χ0) is 17.6. The summed E-state index contributed by atoms with van der Waals surface area (Å²) < 4.78 is 0. The number of piperidine rings is 1. The van der Waals surface area contributed by atoms with E-state index in [1.54, 1.807) is 17.3 Å². The maximum atomic E-state index is 12.7. The zero-order valence-electron chi connectivity index (χ0n) is 14.3. The van der Waals surface area contributed by atoms with Crippen molar-refractivity contribution in [2.45, 2.75) is 45.1 Å². The lowest BCUT2D eigenvalue weighted by molar-refractivity contribution is -0.140. The Balaban J connectivity index is 1.68. The maximum Gasteiger partial charge on any atom is 0.248 e. The molecule has 0 aliphatic carbocycles. The molecule has 6 nitrogen and oxygen atoms in total. The molecule has 1 N–H and O–H groups in total. The maximum absolute atomic E-state index is 12.7. The number of anilines is 1. The summed E-state index contributed by atoms with van der Waals surface area (Å²) in [5, 5.41) is 5.33. The molecular weight excluding hydrogens is 336 g/mol. The first kappa shape index (κ1) is 17.5. The monoisotopic (exact) mass is 358 g/mol. The molecule has 1 aliphatic rings. The fourth-order valence-corrected chi connectivity index (χ4v) is 3.75. The summed E-state index contributed by atoms with van der Waals surface area (Å²) in [5.74, 6) is -0.0752. The molecule has 2 amide bonds. The first-order valence-electron chi connectivity index (χ1n) is 8.65. The number of pyridine rings is 1. The second kappa shape index (κ2) is 8.20. The van der Waals surface area contributed by atoms with Crippen LogP contribution in [0.1, 0.15) is 39.0 Å². The number of rotatable bonds is 5. The Labute approximate surface area is 151 Å². The lowest BCUT2D eigenvalue weighted by atomic mass is 10.0. The first-order chi connectivity index (χ1) is 12.2. The molecule has 1 aliphatic heterocycles. The molecule has 25 heavy (non-hydrogen) atoms. The van der Waals surface area contributed by atoms with Crippen LogP contribution in [0, 0.1) is 0 Å². The first-order valence-corrected chi connectivity index (χ1v) is 9.53. The number of hydrogen-bond donors (Lipinski definition) is 1. The van der Waals surface area contributed by atoms with Gasteiger partial charge in [-0.2, -0.15) is 0 Å². The summed E-state index contributed by atoms with van der Waals surface area (Å²) in [6.45, 7) is 2.64. The van der Waals surface area contributed by atoms with Gasteiger partial charge in [-0.25, -0.2) is 4.98 Å². The molecule has 2 aromatic heterocycles. The summed E-state index contributed by atoms with van der Waals surface area (Å²) in [7, 11) is 0. The van der Waals surface area contributed by atoms with E-state index in [1.165, 1.54) is 11.3 Å². The van der Waals surface area contributed by atoms with E-state index in [-0.39, 0.29) is 11.8 Å². The fourth-order valence-electron chi connectivity index (χ4n) is 3.03. The number of nitrogens with one attached hydrogen (secondary N) is 1. The highest BCUT2D eigenvalue weighted by molar-refractivity contribution is 7.14. The Hall–Kier alpha value is -2.28. The van der Waals surface area contributed by atoms with Gasteiger partial charge in [-0.15, -0.1) is 11.3 Å². The van der Waals surface area contributed by atoms with Gasteiger partial charge in [0.15, 0.2) is 5.13 Å². The Morgan fingerprint density at radius 3 is 3.04 bits per heavy atom. The summed E-state index contributed by atoms with van der Waals surface area (Å²) in [6, 6.07) is 3.39. The number of carbonyl (C=O) groups excluding carboxylic acids is 2. The third-order valence-electron chi connectivity index (χ3n) is 4.28. The largest absolute Gasteiger partial charge is 0.331 e. The van der Waals surface area contributed by atoms with Crippen LogP contribution in [0.5, 0.6) is 0 Å². The second-order valence-electron chi connectivity index (χ2n) is 6.12. The second-order valence-corrected chi connectivity index (χ2v) is 6.98. The van der Waals surface area contributed by atoms with Gasteiger partial charge in [0.05, 0.1) is 5.69 Å². The molecule has 2 aromatic rings. The van der Waals surface area contributed by atoms with Crippen LogP contribution in [0.4, 0.5) is 5.13 Å². The van der Waals surface area contributed by atoms with Crippen molar-refractivity contribution in [3.8, 4) is 11.3 Å². The molecule has 0 bridgehead atoms. The standard InChI is InChI=1S/C18H22N4O2S/c1-2-6-16(23)22-10-4-3-8-15(22)17(24)21-18-20-14(12-25-18)13-7-5-9-19-11-13/h5,7,9,11-12,15H,2-4,6,8,10H2,1H3,(H,20,21,24). The lowest BCUT2D eigenvalue weighted by Gasteiger charge is -2.34. The van der Waals surface area contributed by atoms with E-state index in [4.69, 9.17) is 0 Å². The van der Waals surface area contributed by atoms with E-state index in [9.17, 15) is 9.59 Å². The zero-order valence-corrected chi connectivity index (χ0v) is 15.1. The van der Waals surface area contributed by atoms with E-state index < -0.39 is 6.04 Å². The highest BCUT2D eigenvalue weighted by Gasteiger charge is 2.31. The smallest absolute Gasteiger partial charge is 0.248 e. The van der Waals surface area contributed by atoms with Gasteiger partial charge in [-0.3, -0.25) is 14.6 Å². The molecule has 132 valence electrons. The third-order valence-corrected chi connectivity index (χ3v) is 5.04. The Morgan fingerprint density at radius 1 is 1.40 bits per heavy atom. The molecular formula is C18H22N4O2S. The van der Waals surface area contributed by atoms with Crippen LogP contribution in [0.3, 0.4) is 0 Å². The summed E-state index contributed by atoms with van der Waals surface area (Å²) >= 11 is 1.38. The molecule has 1 atom stereocenters. The van der Waals surface area contributed by atoms with Crippen LogP contribution in [0.15, 0.2) is 29.9 Å². The van der Waals surface area contributed by atoms with E-state index in [1.807, 2.05) is 24.4 Å². The number of likely N-dealkylation sites (tertiary alicyclic amines) is 1. The Morgan fingerprint density at radius 2 is 2.28 bits per heavy atom. The third kappa shape index (κ3) is 4.22. The minimum Gasteiger partial charge on any atom is -0.331 e. The van der Waals surface area contributed by atoms with Crippen LogP contribution in [0.25, 0.3) is 11.3 Å². The van der Waals surface area contributed by atoms with E-state index >= 15 is 0 Å². The minimum atomic E-state index is -0.390. The van der Waals surface area contributed by atoms with E-state index in [0.717, 1.165) is 30.5 Å². The SMILES string of the molecule is CCCC(=O)N1CCCCC1C(=O)Nc1nc(-c2cccnc2)cs1. The molecule has 0 spiro atoms. The van der Waals surface area contributed by atoms with Crippen LogP contribution in [-0.2, 0) is 9.59 Å². The predicted octanol–water partition coefficient (Wildman–Crippen LogP) is 3.32. The summed E-state index contributed by atoms with van der Waals surface area (Å²) in [6.07, 6.45) is 7.38. The normalized spacial score (nSPS) is 17.3. The van der Waals surface area contributed by atoms with Gasteiger partial charge in [0, 0.05) is 36.3 Å². The number of nitrogens with zero attached hydrogens (tertiary/aromatic N) is 3. The van der Waals surface area contributed by atoms with Gasteiger partial charge in [-0.1, -0.05) is 6.92 Å². The minimum absolute atomic E-state index is 0.0672. The van der Waals surface area contributed by atoms with Gasteiger partial charge in [0.25, 0.3) is 0 Å². The number of thiazole rings is 1. The molecule has 0 saturated carbocycles. The molecule has 7 heteroatoms. The molecule has 3 rings (SSSR count). The van der Waals surface area contributed by atoms with Crippen LogP contribution >= 0.6 is 11.3 Å². The topological polar surface area (TPSA) is 75.2 Å². The highest BCUT2D eigenvalue weighted by Crippen LogP contribution is 2.25. The van der Waals surface area contributed by atoms with Crippen LogP contribution in [0.2, 0.25) is 0 Å². The van der Waals surface area contributed by atoms with Crippen molar-refractivity contribution in [1.82, 2.24) is 14.9 Å². The van der Waals surface area contributed by atoms with Crippen LogP contribution in [-0.4, -0.2) is 39.3 Å². The molecule has 0 radical (unpaired) electrons. The van der Waals surface area contributed by atoms with Gasteiger partial charge >= 0.3 is 0 Å². The van der Waals surface area contributed by atoms with Crippen molar-refractivity contribution in [2.24, 2.45) is 0 Å². The number of amides is 2. The van der Waals surface area contributed by atoms with Gasteiger partial charge < -0.3 is 10.2 Å². The van der Waals surface area contributed by atoms with Gasteiger partial charge in [-0.05, 0) is 37.8 Å². The van der Waals surface area contributed by atoms with Crippen LogP contribution < -0.4 is 5.32 Å². The molecule has 3 heterocycles. The summed E-state index contributed by atoms with van der Waals surface area (Å²) in [4.78, 5) is 35.2. The van der Waals surface area contributed by atoms with Crippen molar-refractivity contribution >= 4 is 28.3 Å². The average Bonchev–Trinajstić information content (AvgIpc) is 3.11.